The van der Waals surface area contributed by atoms with E-state index in [0.717, 1.165) is 24.0 Å². The van der Waals surface area contributed by atoms with Crippen molar-refractivity contribution < 1.29 is 4.42 Å². The highest BCUT2D eigenvalue weighted by molar-refractivity contribution is 6.20. The minimum Gasteiger partial charge on any atom is -0.455 e. The summed E-state index contributed by atoms with van der Waals surface area (Å²) in [5.41, 5.74) is 8.75. The SMILES string of the molecule is c1ccc(C2CC(c3ccc4ccccc4c3)CC(c3cc4c(oc5cccc(-c6ccc7ccccc7c6)c54)c4ccccc34)C2)cc1. The van der Waals surface area contributed by atoms with Gasteiger partial charge in [-0.05, 0) is 110 Å². The van der Waals surface area contributed by atoms with Crippen molar-refractivity contribution in [2.75, 3.05) is 0 Å². The zero-order valence-corrected chi connectivity index (χ0v) is 27.4. The molecule has 3 atom stereocenters. The van der Waals surface area contributed by atoms with Crippen LogP contribution in [0.3, 0.4) is 0 Å². The molecule has 9 aromatic rings. The van der Waals surface area contributed by atoms with E-state index in [1.807, 2.05) is 0 Å². The van der Waals surface area contributed by atoms with Gasteiger partial charge < -0.3 is 4.42 Å². The van der Waals surface area contributed by atoms with Crippen LogP contribution in [0, 0.1) is 0 Å². The standard InChI is InChI=1S/C48H36O/c1-2-11-31(12-3-1)38-27-39(36-23-21-32-13-4-6-15-34(32)25-36)29-40(28-38)44-30-45-47-41(37-24-22-33-14-5-7-16-35(33)26-37)19-10-20-46(47)49-48(45)43-18-9-8-17-42(43)44/h1-26,30,38-40H,27-29H2. The first-order valence-electron chi connectivity index (χ1n) is 17.7. The van der Waals surface area contributed by atoms with Crippen molar-refractivity contribution in [2.45, 2.75) is 37.0 Å². The van der Waals surface area contributed by atoms with Gasteiger partial charge in [-0.2, -0.15) is 0 Å². The summed E-state index contributed by atoms with van der Waals surface area (Å²) in [6.07, 6.45) is 3.43. The quantitative estimate of drug-likeness (QED) is 0.189. The molecule has 3 unspecified atom stereocenters. The average molecular weight is 629 g/mol. The second-order valence-corrected chi connectivity index (χ2v) is 14.0. The molecular formula is C48H36O. The van der Waals surface area contributed by atoms with E-state index in [2.05, 4.69) is 164 Å². The third kappa shape index (κ3) is 4.84. The van der Waals surface area contributed by atoms with Crippen molar-refractivity contribution in [1.29, 1.82) is 0 Å². The van der Waals surface area contributed by atoms with Crippen molar-refractivity contribution in [1.82, 2.24) is 0 Å². The van der Waals surface area contributed by atoms with Crippen LogP contribution in [0.1, 0.15) is 53.7 Å². The lowest BCUT2D eigenvalue weighted by molar-refractivity contribution is 0.353. The molecule has 10 rings (SSSR count). The first-order chi connectivity index (χ1) is 24.3. The van der Waals surface area contributed by atoms with Crippen molar-refractivity contribution in [3.8, 4) is 11.1 Å². The lowest BCUT2D eigenvalue weighted by Gasteiger charge is -2.36. The Morgan fingerprint density at radius 2 is 1.04 bits per heavy atom. The molecule has 0 N–H and O–H groups in total. The lowest BCUT2D eigenvalue weighted by atomic mass is 9.68. The van der Waals surface area contributed by atoms with Crippen molar-refractivity contribution in [3.05, 3.63) is 180 Å². The topological polar surface area (TPSA) is 13.1 Å². The van der Waals surface area contributed by atoms with Gasteiger partial charge in [0.2, 0.25) is 0 Å². The zero-order chi connectivity index (χ0) is 32.3. The molecule has 0 radical (unpaired) electrons. The van der Waals surface area contributed by atoms with Crippen LogP contribution in [-0.2, 0) is 0 Å². The molecule has 1 fully saturated rings. The predicted octanol–water partition coefficient (Wildman–Crippen LogP) is 13.5. The van der Waals surface area contributed by atoms with Crippen molar-refractivity contribution in [2.24, 2.45) is 0 Å². The molecule has 234 valence electrons. The summed E-state index contributed by atoms with van der Waals surface area (Å²) in [6.45, 7) is 0. The van der Waals surface area contributed by atoms with Gasteiger partial charge in [0.15, 0.2) is 0 Å². The maximum absolute atomic E-state index is 6.78. The van der Waals surface area contributed by atoms with Gasteiger partial charge in [-0.15, -0.1) is 0 Å². The Kier molecular flexibility index (Phi) is 6.65. The fraction of sp³-hybridized carbons (Fsp3) is 0.125. The van der Waals surface area contributed by atoms with E-state index >= 15 is 0 Å². The minimum absolute atomic E-state index is 0.405. The molecule has 8 aromatic carbocycles. The summed E-state index contributed by atoms with van der Waals surface area (Å²) in [5, 5.41) is 10.1. The van der Waals surface area contributed by atoms with Gasteiger partial charge in [0.1, 0.15) is 11.2 Å². The van der Waals surface area contributed by atoms with E-state index in [9.17, 15) is 0 Å². The summed E-state index contributed by atoms with van der Waals surface area (Å²) >= 11 is 0. The second-order valence-electron chi connectivity index (χ2n) is 14.0. The minimum atomic E-state index is 0.405. The number of hydrogen-bond donors (Lipinski definition) is 0. The van der Waals surface area contributed by atoms with Gasteiger partial charge in [-0.3, -0.25) is 0 Å². The van der Waals surface area contributed by atoms with Crippen molar-refractivity contribution in [3.63, 3.8) is 0 Å². The molecule has 0 spiro atoms. The summed E-state index contributed by atoms with van der Waals surface area (Å²) in [7, 11) is 0. The first-order valence-corrected chi connectivity index (χ1v) is 17.7. The molecule has 0 saturated heterocycles. The second kappa shape index (κ2) is 11.5. The van der Waals surface area contributed by atoms with Crippen molar-refractivity contribution >= 4 is 54.3 Å². The zero-order valence-electron chi connectivity index (χ0n) is 27.4. The molecule has 1 heteroatoms. The van der Waals surface area contributed by atoms with Crippen LogP contribution < -0.4 is 0 Å². The summed E-state index contributed by atoms with van der Waals surface area (Å²) < 4.78 is 6.78. The Bertz CT molecular complexity index is 2660. The fourth-order valence-electron chi connectivity index (χ4n) is 8.92. The van der Waals surface area contributed by atoms with Gasteiger partial charge in [0.25, 0.3) is 0 Å². The van der Waals surface area contributed by atoms with E-state index in [1.165, 1.54) is 77.3 Å². The Morgan fingerprint density at radius 1 is 0.408 bits per heavy atom. The Labute approximate surface area is 286 Å². The summed E-state index contributed by atoms with van der Waals surface area (Å²) in [6, 6.07) is 60.6. The Hall–Kier alpha value is -5.66. The maximum Gasteiger partial charge on any atom is 0.143 e. The predicted molar refractivity (Wildman–Crippen MR) is 207 cm³/mol. The highest BCUT2D eigenvalue weighted by atomic mass is 16.3. The van der Waals surface area contributed by atoms with Gasteiger partial charge >= 0.3 is 0 Å². The highest BCUT2D eigenvalue weighted by Gasteiger charge is 2.33. The molecule has 1 aliphatic rings. The number of hydrogen-bond acceptors (Lipinski definition) is 1. The van der Waals surface area contributed by atoms with Gasteiger partial charge in [0, 0.05) is 16.2 Å². The van der Waals surface area contributed by atoms with E-state index < -0.39 is 0 Å². The Morgan fingerprint density at radius 3 is 1.84 bits per heavy atom. The largest absolute Gasteiger partial charge is 0.455 e. The van der Waals surface area contributed by atoms with E-state index in [4.69, 9.17) is 4.42 Å². The van der Waals surface area contributed by atoms with Crippen LogP contribution in [0.4, 0.5) is 0 Å². The normalized spacial score (nSPS) is 18.2. The third-order valence-corrected chi connectivity index (χ3v) is 11.3. The van der Waals surface area contributed by atoms with Crippen LogP contribution in [0.5, 0.6) is 0 Å². The summed E-state index contributed by atoms with van der Waals surface area (Å²) in [4.78, 5) is 0. The smallest absolute Gasteiger partial charge is 0.143 e. The molecule has 0 aliphatic heterocycles. The van der Waals surface area contributed by atoms with Crippen LogP contribution in [-0.4, -0.2) is 0 Å². The average Bonchev–Trinajstić information content (AvgIpc) is 3.56. The number of benzene rings is 8. The fourth-order valence-corrected chi connectivity index (χ4v) is 8.92. The van der Waals surface area contributed by atoms with Gasteiger partial charge in [-0.25, -0.2) is 0 Å². The molecule has 1 aliphatic carbocycles. The molecule has 1 saturated carbocycles. The Balaban J connectivity index is 1.17. The molecule has 49 heavy (non-hydrogen) atoms. The molecule has 1 heterocycles. The van der Waals surface area contributed by atoms with E-state index in [-0.39, 0.29) is 0 Å². The van der Waals surface area contributed by atoms with Crippen LogP contribution in [0.25, 0.3) is 65.4 Å². The first kappa shape index (κ1) is 28.4. The van der Waals surface area contributed by atoms with Gasteiger partial charge in [0.05, 0.1) is 0 Å². The highest BCUT2D eigenvalue weighted by Crippen LogP contribution is 2.51. The lowest BCUT2D eigenvalue weighted by Crippen LogP contribution is -2.20. The van der Waals surface area contributed by atoms with E-state index in [1.54, 1.807) is 0 Å². The monoisotopic (exact) mass is 628 g/mol. The molecular weight excluding hydrogens is 593 g/mol. The number of fused-ring (bicyclic) bond motifs is 7. The molecule has 1 aromatic heterocycles. The maximum atomic E-state index is 6.78. The number of furan rings is 1. The van der Waals surface area contributed by atoms with Crippen LogP contribution >= 0.6 is 0 Å². The number of rotatable bonds is 4. The third-order valence-electron chi connectivity index (χ3n) is 11.3. The molecule has 0 amide bonds. The van der Waals surface area contributed by atoms with E-state index in [0.29, 0.717) is 17.8 Å². The van der Waals surface area contributed by atoms with Crippen LogP contribution in [0.15, 0.2) is 168 Å². The molecule has 1 nitrogen and oxygen atoms in total. The van der Waals surface area contributed by atoms with Gasteiger partial charge in [-0.1, -0.05) is 146 Å². The van der Waals surface area contributed by atoms with Crippen LogP contribution in [0.2, 0.25) is 0 Å². The summed E-state index contributed by atoms with van der Waals surface area (Å²) in [5.74, 6) is 1.36. The molecule has 0 bridgehead atoms.